The van der Waals surface area contributed by atoms with Crippen LogP contribution in [-0.2, 0) is 0 Å². The highest BCUT2D eigenvalue weighted by molar-refractivity contribution is 6.83. The van der Waals surface area contributed by atoms with E-state index < -0.39 is 8.07 Å². The number of hydrogen-bond donors (Lipinski definition) is 0. The highest BCUT2D eigenvalue weighted by Gasteiger charge is 2.39. The van der Waals surface area contributed by atoms with Crippen molar-refractivity contribution in [1.29, 1.82) is 0 Å². The van der Waals surface area contributed by atoms with E-state index in [1.54, 1.807) is 10.8 Å². The number of allylic oxidation sites excluding steroid dienone is 4. The quantitative estimate of drug-likeness (QED) is 0.241. The summed E-state index contributed by atoms with van der Waals surface area (Å²) in [6, 6.07) is 0. The molecule has 0 aromatic carbocycles. The minimum absolute atomic E-state index is 0.124. The van der Waals surface area contributed by atoms with Crippen molar-refractivity contribution in [3.05, 3.63) is 33.0 Å². The van der Waals surface area contributed by atoms with Crippen molar-refractivity contribution in [1.82, 2.24) is 0 Å². The number of nitrogens with zero attached hydrogens (tertiary/aromatic N) is 1. The molecule has 0 amide bonds. The van der Waals surface area contributed by atoms with Crippen LogP contribution < -0.4 is 0 Å². The zero-order chi connectivity index (χ0) is 13.3. The van der Waals surface area contributed by atoms with Gasteiger partial charge < -0.3 is 0 Å². The molecular weight excluding hydrogens is 242 g/mol. The monoisotopic (exact) mass is 265 g/mol. The van der Waals surface area contributed by atoms with Gasteiger partial charge in [-0.1, -0.05) is 42.6 Å². The second-order valence-corrected chi connectivity index (χ2v) is 11.6. The molecule has 3 nitrogen and oxygen atoms in total. The molecular formula is C14H23NO2Si. The Bertz CT molecular complexity index is 407. The smallest absolute Gasteiger partial charge is 0.203 e. The molecule has 100 valence electrons. The zero-order valence-electron chi connectivity index (χ0n) is 11.6. The van der Waals surface area contributed by atoms with Crippen LogP contribution in [0.4, 0.5) is 0 Å². The number of nitro groups is 1. The van der Waals surface area contributed by atoms with E-state index in [1.807, 2.05) is 0 Å². The predicted octanol–water partition coefficient (Wildman–Crippen LogP) is 3.81. The second kappa shape index (κ2) is 5.00. The van der Waals surface area contributed by atoms with Gasteiger partial charge in [-0.05, 0) is 31.1 Å². The summed E-state index contributed by atoms with van der Waals surface area (Å²) in [5, 5.41) is 12.1. The first-order valence-electron chi connectivity index (χ1n) is 6.93. The van der Waals surface area contributed by atoms with Gasteiger partial charge in [0.2, 0.25) is 6.54 Å². The van der Waals surface area contributed by atoms with E-state index in [1.165, 1.54) is 6.42 Å². The molecule has 4 heteroatoms. The second-order valence-electron chi connectivity index (χ2n) is 6.54. The van der Waals surface area contributed by atoms with Gasteiger partial charge in [0.05, 0.1) is 8.07 Å². The molecule has 18 heavy (non-hydrogen) atoms. The summed E-state index contributed by atoms with van der Waals surface area (Å²) in [6.07, 6.45) is 8.80. The van der Waals surface area contributed by atoms with Gasteiger partial charge in [0.15, 0.2) is 0 Å². The summed E-state index contributed by atoms with van der Waals surface area (Å²) in [7, 11) is -1.23. The summed E-state index contributed by atoms with van der Waals surface area (Å²) in [5.74, 6) is 1.36. The maximum Gasteiger partial charge on any atom is 0.203 e. The van der Waals surface area contributed by atoms with Crippen molar-refractivity contribution >= 4 is 8.07 Å². The number of hydrogen-bond acceptors (Lipinski definition) is 2. The topological polar surface area (TPSA) is 43.1 Å². The molecule has 0 N–H and O–H groups in total. The van der Waals surface area contributed by atoms with E-state index in [0.29, 0.717) is 11.8 Å². The average molecular weight is 265 g/mol. The molecule has 0 radical (unpaired) electrons. The van der Waals surface area contributed by atoms with Gasteiger partial charge in [-0.25, -0.2) is 0 Å². The third kappa shape index (κ3) is 2.74. The minimum Gasteiger partial charge on any atom is -0.265 e. The lowest BCUT2D eigenvalue weighted by Gasteiger charge is -2.27. The lowest BCUT2D eigenvalue weighted by Crippen LogP contribution is -2.28. The van der Waals surface area contributed by atoms with Crippen molar-refractivity contribution in [3.63, 3.8) is 0 Å². The van der Waals surface area contributed by atoms with Crippen LogP contribution in [0.25, 0.3) is 0 Å². The highest BCUT2D eigenvalue weighted by Crippen LogP contribution is 2.48. The molecule has 0 aliphatic heterocycles. The Morgan fingerprint density at radius 3 is 2.56 bits per heavy atom. The molecule has 2 unspecified atom stereocenters. The maximum absolute atomic E-state index is 10.3. The molecule has 2 aliphatic rings. The van der Waals surface area contributed by atoms with Crippen LogP contribution in [0.5, 0.6) is 0 Å². The van der Waals surface area contributed by atoms with Crippen LogP contribution in [0.2, 0.25) is 19.6 Å². The molecule has 0 saturated heterocycles. The van der Waals surface area contributed by atoms with E-state index in [2.05, 4.69) is 31.8 Å². The van der Waals surface area contributed by atoms with Crippen LogP contribution >= 0.6 is 0 Å². The Morgan fingerprint density at radius 2 is 1.94 bits per heavy atom. The Kier molecular flexibility index (Phi) is 3.75. The van der Waals surface area contributed by atoms with Crippen LogP contribution in [0, 0.1) is 22.0 Å². The largest absolute Gasteiger partial charge is 0.265 e. The Hall–Kier alpha value is -0.903. The molecule has 2 rings (SSSR count). The van der Waals surface area contributed by atoms with Crippen LogP contribution in [-0.4, -0.2) is 19.5 Å². The Balaban J connectivity index is 2.00. The fourth-order valence-electron chi connectivity index (χ4n) is 3.52. The molecule has 0 heterocycles. The van der Waals surface area contributed by atoms with E-state index in [0.717, 1.165) is 19.3 Å². The molecule has 2 aliphatic carbocycles. The lowest BCUT2D eigenvalue weighted by atomic mass is 9.97. The van der Waals surface area contributed by atoms with Gasteiger partial charge in [-0.2, -0.15) is 0 Å². The van der Waals surface area contributed by atoms with Crippen molar-refractivity contribution < 1.29 is 4.92 Å². The molecule has 2 bridgehead atoms. The van der Waals surface area contributed by atoms with Gasteiger partial charge >= 0.3 is 0 Å². The third-order valence-corrected chi connectivity index (χ3v) is 6.40. The summed E-state index contributed by atoms with van der Waals surface area (Å²) in [4.78, 5) is 10.1. The number of unbranched alkanes of at least 4 members (excludes halogenated alkanes) is 1. The molecule has 0 fully saturated rings. The fraction of sp³-hybridized carbons (Fsp3) is 0.714. The van der Waals surface area contributed by atoms with Crippen molar-refractivity contribution in [3.8, 4) is 0 Å². The van der Waals surface area contributed by atoms with Crippen molar-refractivity contribution in [2.24, 2.45) is 11.8 Å². The number of fused-ring (bicyclic) bond motifs is 2. The number of rotatable bonds is 6. The standard InChI is InChI=1S/C14H23NO2Si/c1-18(2,3)14-12-8-7-11(10-12)13(14)6-4-5-9-15(16)17/h7-8,11-12H,4-6,9-10H2,1-3H3. The van der Waals surface area contributed by atoms with Gasteiger partial charge in [0.25, 0.3) is 0 Å². The average Bonchev–Trinajstić information content (AvgIpc) is 2.82. The minimum atomic E-state index is -1.23. The van der Waals surface area contributed by atoms with E-state index >= 15 is 0 Å². The lowest BCUT2D eigenvalue weighted by molar-refractivity contribution is -0.480. The van der Waals surface area contributed by atoms with Crippen LogP contribution in [0.15, 0.2) is 22.9 Å². The van der Waals surface area contributed by atoms with E-state index in [9.17, 15) is 10.1 Å². The SMILES string of the molecule is C[Si](C)(C)C1=C(CCCC[N+](=O)[O-])C2C=CC1C2. The van der Waals surface area contributed by atoms with Gasteiger partial charge in [-0.3, -0.25) is 10.1 Å². The van der Waals surface area contributed by atoms with Crippen LogP contribution in [0.3, 0.4) is 0 Å². The van der Waals surface area contributed by atoms with Gasteiger partial charge in [-0.15, -0.1) is 0 Å². The summed E-state index contributed by atoms with van der Waals surface area (Å²) in [6.45, 7) is 7.40. The predicted molar refractivity (Wildman–Crippen MR) is 76.8 cm³/mol. The van der Waals surface area contributed by atoms with Gasteiger partial charge in [0.1, 0.15) is 0 Å². The third-order valence-electron chi connectivity index (χ3n) is 4.09. The zero-order valence-corrected chi connectivity index (χ0v) is 12.6. The molecule has 2 atom stereocenters. The fourth-order valence-corrected chi connectivity index (χ4v) is 6.12. The Morgan fingerprint density at radius 1 is 1.28 bits per heavy atom. The molecule has 0 spiro atoms. The van der Waals surface area contributed by atoms with Gasteiger partial charge in [0, 0.05) is 11.3 Å². The van der Waals surface area contributed by atoms with E-state index in [-0.39, 0.29) is 11.5 Å². The summed E-state index contributed by atoms with van der Waals surface area (Å²) < 4.78 is 0. The first kappa shape index (κ1) is 13.5. The Labute approximate surface area is 110 Å². The maximum atomic E-state index is 10.3. The highest BCUT2D eigenvalue weighted by atomic mass is 28.3. The van der Waals surface area contributed by atoms with Crippen LogP contribution in [0.1, 0.15) is 25.7 Å². The first-order valence-corrected chi connectivity index (χ1v) is 10.4. The molecule has 0 aromatic rings. The van der Waals surface area contributed by atoms with E-state index in [4.69, 9.17) is 0 Å². The molecule has 0 saturated carbocycles. The summed E-state index contributed by atoms with van der Waals surface area (Å²) >= 11 is 0. The van der Waals surface area contributed by atoms with Crippen molar-refractivity contribution in [2.45, 2.75) is 45.3 Å². The molecule has 0 aromatic heterocycles. The normalized spacial score (nSPS) is 26.2. The van der Waals surface area contributed by atoms with Crippen molar-refractivity contribution in [2.75, 3.05) is 6.54 Å². The summed E-state index contributed by atoms with van der Waals surface area (Å²) in [5.41, 5.74) is 1.64. The first-order chi connectivity index (χ1) is 8.39.